The number of phenolic OH excluding ortho intramolecular Hbond substituents is 1. The highest BCUT2D eigenvalue weighted by atomic mass is 16.3. The van der Waals surface area contributed by atoms with Crippen molar-refractivity contribution in [1.82, 2.24) is 15.0 Å². The molecule has 5 N–H and O–H groups in total. The molecule has 0 aliphatic carbocycles. The van der Waals surface area contributed by atoms with Gasteiger partial charge in [0.25, 0.3) is 5.56 Å². The van der Waals surface area contributed by atoms with E-state index in [2.05, 4.69) is 15.0 Å². The van der Waals surface area contributed by atoms with Crippen LogP contribution in [0.1, 0.15) is 5.56 Å². The fourth-order valence-electron chi connectivity index (χ4n) is 2.25. The van der Waals surface area contributed by atoms with Crippen molar-refractivity contribution in [3.8, 4) is 22.9 Å². The van der Waals surface area contributed by atoms with E-state index < -0.39 is 11.2 Å². The molecular weight excluding hydrogens is 286 g/mol. The van der Waals surface area contributed by atoms with Crippen LogP contribution in [0.2, 0.25) is 0 Å². The van der Waals surface area contributed by atoms with Crippen LogP contribution in [0.15, 0.2) is 33.9 Å². The molecule has 0 radical (unpaired) electrons. The number of hydrogen-bond acceptors (Lipinski definition) is 6. The molecule has 8 heteroatoms. The van der Waals surface area contributed by atoms with Crippen molar-refractivity contribution < 1.29 is 5.11 Å². The predicted molar refractivity (Wildman–Crippen MR) is 79.2 cm³/mol. The SMILES string of the molecule is N#Cc1c(N)nc2[nH]c(=O)[nH]c(=O)c2c1-c1ccc(O)cc1. The molecule has 0 saturated heterocycles. The van der Waals surface area contributed by atoms with Gasteiger partial charge in [-0.15, -0.1) is 0 Å². The summed E-state index contributed by atoms with van der Waals surface area (Å²) in [5.41, 5.74) is 5.12. The Labute approximate surface area is 122 Å². The molecule has 22 heavy (non-hydrogen) atoms. The van der Waals surface area contributed by atoms with E-state index in [9.17, 15) is 20.0 Å². The number of fused-ring (bicyclic) bond motifs is 1. The van der Waals surface area contributed by atoms with E-state index in [0.29, 0.717) is 5.56 Å². The molecule has 0 bridgehead atoms. The molecule has 0 saturated carbocycles. The highest BCUT2D eigenvalue weighted by Crippen LogP contribution is 2.31. The third-order valence-corrected chi connectivity index (χ3v) is 3.18. The average Bonchev–Trinajstić information content (AvgIpc) is 2.46. The molecular formula is C14H9N5O3. The average molecular weight is 295 g/mol. The van der Waals surface area contributed by atoms with Crippen molar-refractivity contribution in [1.29, 1.82) is 5.26 Å². The first kappa shape index (κ1) is 13.4. The van der Waals surface area contributed by atoms with Gasteiger partial charge >= 0.3 is 5.69 Å². The molecule has 1 aromatic carbocycles. The normalized spacial score (nSPS) is 10.5. The van der Waals surface area contributed by atoms with Crippen LogP contribution in [0.4, 0.5) is 5.82 Å². The zero-order valence-corrected chi connectivity index (χ0v) is 11.0. The third-order valence-electron chi connectivity index (χ3n) is 3.18. The topological polar surface area (TPSA) is 149 Å². The van der Waals surface area contributed by atoms with Gasteiger partial charge in [-0.3, -0.25) is 14.8 Å². The van der Waals surface area contributed by atoms with Crippen molar-refractivity contribution in [2.75, 3.05) is 5.73 Å². The predicted octanol–water partition coefficient (Wildman–Crippen LogP) is 0.438. The summed E-state index contributed by atoms with van der Waals surface area (Å²) in [7, 11) is 0. The number of nitriles is 1. The van der Waals surface area contributed by atoms with Gasteiger partial charge in [0.2, 0.25) is 0 Å². The Morgan fingerprint density at radius 2 is 1.86 bits per heavy atom. The highest BCUT2D eigenvalue weighted by molar-refractivity contribution is 5.97. The van der Waals surface area contributed by atoms with Crippen LogP contribution < -0.4 is 17.0 Å². The van der Waals surface area contributed by atoms with E-state index in [-0.39, 0.29) is 33.7 Å². The standard InChI is InChI=1S/C14H9N5O3/c15-5-8-9(6-1-3-7(20)4-2-6)10-12(17-11(8)16)18-14(22)19-13(10)21/h1-4,20H,(H4,16,17,18,19,21,22). The fraction of sp³-hybridized carbons (Fsp3) is 0. The summed E-state index contributed by atoms with van der Waals surface area (Å²) >= 11 is 0. The molecule has 3 aromatic rings. The van der Waals surface area contributed by atoms with Crippen molar-refractivity contribution in [3.05, 3.63) is 50.7 Å². The van der Waals surface area contributed by atoms with Crippen LogP contribution in [-0.2, 0) is 0 Å². The lowest BCUT2D eigenvalue weighted by Crippen LogP contribution is -2.23. The summed E-state index contributed by atoms with van der Waals surface area (Å²) in [5.74, 6) is -0.0600. The summed E-state index contributed by atoms with van der Waals surface area (Å²) < 4.78 is 0. The van der Waals surface area contributed by atoms with E-state index in [1.807, 2.05) is 6.07 Å². The summed E-state index contributed by atoms with van der Waals surface area (Å²) in [5, 5.41) is 18.7. The number of aromatic nitrogens is 3. The zero-order valence-electron chi connectivity index (χ0n) is 11.0. The van der Waals surface area contributed by atoms with E-state index in [1.165, 1.54) is 24.3 Å². The van der Waals surface area contributed by atoms with Crippen LogP contribution in [-0.4, -0.2) is 20.1 Å². The second kappa shape index (κ2) is 4.75. The number of pyridine rings is 1. The Kier molecular flexibility index (Phi) is 2.89. The molecule has 0 spiro atoms. The number of nitrogens with two attached hydrogens (primary N) is 1. The lowest BCUT2D eigenvalue weighted by Gasteiger charge is -2.10. The van der Waals surface area contributed by atoms with Gasteiger partial charge in [-0.2, -0.15) is 5.26 Å². The number of aromatic hydroxyl groups is 1. The van der Waals surface area contributed by atoms with Crippen molar-refractivity contribution in [2.45, 2.75) is 0 Å². The lowest BCUT2D eigenvalue weighted by molar-refractivity contribution is 0.475. The van der Waals surface area contributed by atoms with Gasteiger partial charge in [-0.05, 0) is 17.7 Å². The van der Waals surface area contributed by atoms with Gasteiger partial charge in [-0.25, -0.2) is 9.78 Å². The van der Waals surface area contributed by atoms with Gasteiger partial charge in [-0.1, -0.05) is 12.1 Å². The first-order valence-electron chi connectivity index (χ1n) is 6.16. The zero-order chi connectivity index (χ0) is 15.9. The van der Waals surface area contributed by atoms with Crippen LogP contribution >= 0.6 is 0 Å². The number of benzene rings is 1. The van der Waals surface area contributed by atoms with Gasteiger partial charge in [0, 0.05) is 5.56 Å². The summed E-state index contributed by atoms with van der Waals surface area (Å²) in [6, 6.07) is 7.82. The molecule has 0 aliphatic heterocycles. The first-order chi connectivity index (χ1) is 10.5. The first-order valence-corrected chi connectivity index (χ1v) is 6.16. The summed E-state index contributed by atoms with van der Waals surface area (Å²) in [4.78, 5) is 31.9. The molecule has 2 heterocycles. The molecule has 0 aliphatic rings. The van der Waals surface area contributed by atoms with E-state index in [1.54, 1.807) is 0 Å². The molecule has 0 atom stereocenters. The van der Waals surface area contributed by atoms with Crippen molar-refractivity contribution in [2.24, 2.45) is 0 Å². The second-order valence-corrected chi connectivity index (χ2v) is 4.54. The Bertz CT molecular complexity index is 1040. The lowest BCUT2D eigenvalue weighted by atomic mass is 9.98. The van der Waals surface area contributed by atoms with E-state index in [0.717, 1.165) is 0 Å². The number of H-pyrrole nitrogens is 2. The number of anilines is 1. The number of nitrogens with zero attached hydrogens (tertiary/aromatic N) is 2. The maximum atomic E-state index is 12.1. The minimum atomic E-state index is -0.717. The van der Waals surface area contributed by atoms with Crippen molar-refractivity contribution >= 4 is 16.9 Å². The van der Waals surface area contributed by atoms with Gasteiger partial charge < -0.3 is 10.8 Å². The number of phenols is 1. The number of rotatable bonds is 1. The highest BCUT2D eigenvalue weighted by Gasteiger charge is 2.18. The molecule has 2 aromatic heterocycles. The van der Waals surface area contributed by atoms with Gasteiger partial charge in [0.05, 0.1) is 5.39 Å². The Hall–Kier alpha value is -3.60. The summed E-state index contributed by atoms with van der Waals surface area (Å²) in [6.45, 7) is 0. The maximum Gasteiger partial charge on any atom is 0.327 e. The molecule has 0 amide bonds. The number of nitrogen functional groups attached to an aromatic ring is 1. The summed E-state index contributed by atoms with van der Waals surface area (Å²) in [6.07, 6.45) is 0. The molecule has 8 nitrogen and oxygen atoms in total. The number of aromatic amines is 2. The Balaban J connectivity index is 2.55. The van der Waals surface area contributed by atoms with Gasteiger partial charge in [0.15, 0.2) is 0 Å². The Morgan fingerprint density at radius 1 is 1.18 bits per heavy atom. The molecule has 108 valence electrons. The smallest absolute Gasteiger partial charge is 0.327 e. The number of hydrogen-bond donors (Lipinski definition) is 4. The van der Waals surface area contributed by atoms with Gasteiger partial charge in [0.1, 0.15) is 28.8 Å². The molecule has 0 fully saturated rings. The molecule has 3 rings (SSSR count). The van der Waals surface area contributed by atoms with Crippen LogP contribution in [0.3, 0.4) is 0 Å². The fourth-order valence-corrected chi connectivity index (χ4v) is 2.25. The number of nitrogens with one attached hydrogen (secondary N) is 2. The van der Waals surface area contributed by atoms with Crippen LogP contribution in [0.5, 0.6) is 5.75 Å². The largest absolute Gasteiger partial charge is 0.508 e. The van der Waals surface area contributed by atoms with Crippen molar-refractivity contribution in [3.63, 3.8) is 0 Å². The van der Waals surface area contributed by atoms with Crippen LogP contribution in [0.25, 0.3) is 22.2 Å². The molecule has 0 unspecified atom stereocenters. The maximum absolute atomic E-state index is 12.1. The quantitative estimate of drug-likeness (QED) is 0.511. The van der Waals surface area contributed by atoms with E-state index in [4.69, 9.17) is 5.73 Å². The third kappa shape index (κ3) is 1.97. The second-order valence-electron chi connectivity index (χ2n) is 4.54. The Morgan fingerprint density at radius 3 is 2.50 bits per heavy atom. The van der Waals surface area contributed by atoms with E-state index >= 15 is 0 Å². The minimum Gasteiger partial charge on any atom is -0.508 e. The van der Waals surface area contributed by atoms with Crippen LogP contribution in [0, 0.1) is 11.3 Å². The minimum absolute atomic E-state index is 0.00618. The monoisotopic (exact) mass is 295 g/mol.